The Morgan fingerprint density at radius 3 is 1.45 bits per heavy atom. The van der Waals surface area contributed by atoms with E-state index in [0.717, 1.165) is 0 Å². The molecule has 0 aliphatic heterocycles. The number of phosphoric ester groups is 2. The van der Waals surface area contributed by atoms with Crippen LogP contribution in [-0.4, -0.2) is 35.6 Å². The van der Waals surface area contributed by atoms with Crippen LogP contribution < -0.4 is 9.05 Å². The molecule has 1 heterocycles. The second kappa shape index (κ2) is 12.6. The first-order valence-electron chi connectivity index (χ1n) is 10.8. The van der Waals surface area contributed by atoms with Crippen molar-refractivity contribution in [2.75, 3.05) is 0 Å². The number of carboxylic acids is 1. The molecule has 0 aliphatic carbocycles. The SMILES string of the molecule is O=C(O)c1ccccc1C(c1ccc(OP(=O)(O)O)cc1)c1ccc(OP(=O)(O)O)cc1.c1ccncc1. The number of phosphoric acid groups is 2. The number of carbonyl (C=O) groups is 1. The zero-order valence-corrected chi connectivity index (χ0v) is 21.3. The van der Waals surface area contributed by atoms with Gasteiger partial charge in [-0.05, 0) is 59.2 Å². The Morgan fingerprint density at radius 1 is 0.658 bits per heavy atom. The quantitative estimate of drug-likeness (QED) is 0.150. The van der Waals surface area contributed by atoms with Crippen molar-refractivity contribution < 1.29 is 47.7 Å². The summed E-state index contributed by atoms with van der Waals surface area (Å²) in [7, 11) is -9.48. The second-order valence-electron chi connectivity index (χ2n) is 7.65. The third-order valence-corrected chi connectivity index (χ3v) is 5.84. The normalized spacial score (nSPS) is 11.3. The molecule has 0 atom stereocenters. The lowest BCUT2D eigenvalue weighted by Crippen LogP contribution is -2.10. The molecule has 3 aromatic carbocycles. The van der Waals surface area contributed by atoms with E-state index in [2.05, 4.69) is 14.0 Å². The van der Waals surface area contributed by atoms with E-state index >= 15 is 0 Å². The number of rotatable bonds is 8. The van der Waals surface area contributed by atoms with Crippen LogP contribution in [0.5, 0.6) is 11.5 Å². The van der Waals surface area contributed by atoms with Crippen LogP contribution in [0, 0.1) is 0 Å². The highest BCUT2D eigenvalue weighted by Crippen LogP contribution is 2.41. The highest BCUT2D eigenvalue weighted by Gasteiger charge is 2.24. The van der Waals surface area contributed by atoms with Crippen molar-refractivity contribution in [2.24, 2.45) is 0 Å². The number of hydrogen-bond donors (Lipinski definition) is 5. The van der Waals surface area contributed by atoms with Gasteiger partial charge in [-0.2, -0.15) is 0 Å². The smallest absolute Gasteiger partial charge is 0.478 e. The molecule has 0 radical (unpaired) electrons. The molecule has 13 heteroatoms. The van der Waals surface area contributed by atoms with Crippen molar-refractivity contribution in [2.45, 2.75) is 5.92 Å². The monoisotopic (exact) mass is 559 g/mol. The maximum Gasteiger partial charge on any atom is 0.524 e. The Bertz CT molecular complexity index is 1340. The Morgan fingerprint density at radius 2 is 1.11 bits per heavy atom. The van der Waals surface area contributed by atoms with Crippen LogP contribution in [-0.2, 0) is 9.13 Å². The topological polar surface area (TPSA) is 184 Å². The van der Waals surface area contributed by atoms with Crippen molar-refractivity contribution in [3.8, 4) is 11.5 Å². The van der Waals surface area contributed by atoms with Crippen molar-refractivity contribution >= 4 is 21.6 Å². The number of pyridine rings is 1. The van der Waals surface area contributed by atoms with Gasteiger partial charge < -0.3 is 14.2 Å². The molecule has 11 nitrogen and oxygen atoms in total. The Balaban J connectivity index is 0.000000585. The summed E-state index contributed by atoms with van der Waals surface area (Å²) in [5, 5.41) is 9.64. The molecule has 4 rings (SSSR count). The van der Waals surface area contributed by atoms with Gasteiger partial charge in [0.1, 0.15) is 11.5 Å². The number of aromatic carboxylic acids is 1. The highest BCUT2D eigenvalue weighted by molar-refractivity contribution is 7.47. The number of aromatic nitrogens is 1. The van der Waals surface area contributed by atoms with E-state index < -0.39 is 27.5 Å². The van der Waals surface area contributed by atoms with E-state index in [4.69, 9.17) is 19.6 Å². The van der Waals surface area contributed by atoms with E-state index in [0.29, 0.717) is 16.7 Å². The standard InChI is InChI=1S/C20H18O10P2.C5H5N/c21-20(22)18-4-2-1-3-17(18)19(13-5-9-15(10-6-13)29-31(23,24)25)14-7-11-16(12-8-14)30-32(26,27)28;1-2-4-6-5-3-1/h1-12,19H,(H,21,22)(H2,23,24,25)(H2,26,27,28);1-5H. The van der Waals surface area contributed by atoms with Crippen LogP contribution in [0.25, 0.3) is 0 Å². The fraction of sp³-hybridized carbons (Fsp3) is 0.0400. The molecule has 0 saturated heterocycles. The zero-order chi connectivity index (χ0) is 27.8. The van der Waals surface area contributed by atoms with Gasteiger partial charge in [-0.25, -0.2) is 13.9 Å². The van der Waals surface area contributed by atoms with Crippen molar-refractivity contribution in [1.29, 1.82) is 0 Å². The first kappa shape index (κ1) is 28.7. The lowest BCUT2D eigenvalue weighted by molar-refractivity contribution is 0.0695. The summed E-state index contributed by atoms with van der Waals surface area (Å²) >= 11 is 0. The van der Waals surface area contributed by atoms with Crippen LogP contribution in [0.3, 0.4) is 0 Å². The largest absolute Gasteiger partial charge is 0.524 e. The highest BCUT2D eigenvalue weighted by atomic mass is 31.2. The predicted molar refractivity (Wildman–Crippen MR) is 137 cm³/mol. The van der Waals surface area contributed by atoms with E-state index in [9.17, 15) is 19.0 Å². The summed E-state index contributed by atoms with van der Waals surface area (Å²) < 4.78 is 31.2. The Hall–Kier alpha value is -3.82. The number of nitrogens with zero attached hydrogens (tertiary/aromatic N) is 1. The van der Waals surface area contributed by atoms with Gasteiger partial charge in [0.25, 0.3) is 0 Å². The predicted octanol–water partition coefficient (Wildman–Crippen LogP) is 4.59. The maximum absolute atomic E-state index is 11.8. The number of benzene rings is 3. The second-order valence-corrected chi connectivity index (χ2v) is 9.98. The van der Waals surface area contributed by atoms with Crippen molar-refractivity contribution in [3.63, 3.8) is 0 Å². The molecular weight excluding hydrogens is 536 g/mol. The first-order chi connectivity index (χ1) is 17.9. The van der Waals surface area contributed by atoms with Gasteiger partial charge in [-0.3, -0.25) is 24.6 Å². The van der Waals surface area contributed by atoms with Crippen LogP contribution in [0.4, 0.5) is 0 Å². The average molecular weight is 559 g/mol. The molecule has 0 fully saturated rings. The average Bonchev–Trinajstić information content (AvgIpc) is 2.86. The molecule has 38 heavy (non-hydrogen) atoms. The van der Waals surface area contributed by atoms with Gasteiger partial charge in [0.05, 0.1) is 5.56 Å². The van der Waals surface area contributed by atoms with E-state index in [1.807, 2.05) is 18.2 Å². The summed E-state index contributed by atoms with van der Waals surface area (Å²) in [5.74, 6) is -1.92. The number of carboxylic acid groups (broad SMARTS) is 1. The summed E-state index contributed by atoms with van der Waals surface area (Å²) in [5.41, 5.74) is 1.65. The molecule has 0 unspecified atom stereocenters. The molecule has 1 aromatic heterocycles. The molecule has 0 spiro atoms. The van der Waals surface area contributed by atoms with E-state index in [-0.39, 0.29) is 17.1 Å². The van der Waals surface area contributed by atoms with Gasteiger partial charge in [-0.1, -0.05) is 48.5 Å². The zero-order valence-electron chi connectivity index (χ0n) is 19.5. The molecule has 0 amide bonds. The molecular formula is C25H23NO10P2. The Kier molecular flexibility index (Phi) is 9.55. The number of hydrogen-bond acceptors (Lipinski definition) is 6. The van der Waals surface area contributed by atoms with Crippen LogP contribution in [0.15, 0.2) is 103 Å². The van der Waals surface area contributed by atoms with Crippen molar-refractivity contribution in [3.05, 3.63) is 126 Å². The lowest BCUT2D eigenvalue weighted by atomic mass is 9.83. The van der Waals surface area contributed by atoms with Crippen LogP contribution in [0.1, 0.15) is 33.0 Å². The molecule has 198 valence electrons. The summed E-state index contributed by atoms with van der Waals surface area (Å²) in [6.45, 7) is 0. The molecule has 5 N–H and O–H groups in total. The molecule has 0 aliphatic rings. The molecule has 0 bridgehead atoms. The van der Waals surface area contributed by atoms with Crippen LogP contribution >= 0.6 is 15.6 Å². The third-order valence-electron chi connectivity index (χ3n) is 4.94. The Labute approximate surface area is 217 Å². The fourth-order valence-electron chi connectivity index (χ4n) is 3.52. The van der Waals surface area contributed by atoms with Gasteiger partial charge in [-0.15, -0.1) is 0 Å². The van der Waals surface area contributed by atoms with Gasteiger partial charge in [0.15, 0.2) is 0 Å². The van der Waals surface area contributed by atoms with Crippen LogP contribution in [0.2, 0.25) is 0 Å². The summed E-state index contributed by atoms with van der Waals surface area (Å²) in [4.78, 5) is 51.4. The van der Waals surface area contributed by atoms with Gasteiger partial charge in [0, 0.05) is 18.3 Å². The van der Waals surface area contributed by atoms with E-state index in [1.54, 1.807) is 30.6 Å². The molecule has 4 aromatic rings. The van der Waals surface area contributed by atoms with Gasteiger partial charge in [0.2, 0.25) is 0 Å². The van der Waals surface area contributed by atoms with Crippen molar-refractivity contribution in [1.82, 2.24) is 4.98 Å². The minimum atomic E-state index is -4.74. The minimum absolute atomic E-state index is 0.0450. The van der Waals surface area contributed by atoms with E-state index in [1.165, 1.54) is 54.6 Å². The molecule has 0 saturated carbocycles. The fourth-order valence-corrected chi connectivity index (χ4v) is 4.32. The maximum atomic E-state index is 11.8. The summed E-state index contributed by atoms with van der Waals surface area (Å²) in [6, 6.07) is 23.6. The first-order valence-corrected chi connectivity index (χ1v) is 13.9. The summed E-state index contributed by atoms with van der Waals surface area (Å²) in [6.07, 6.45) is 3.50. The lowest BCUT2D eigenvalue weighted by Gasteiger charge is -2.21. The third kappa shape index (κ3) is 8.93. The van der Waals surface area contributed by atoms with Gasteiger partial charge >= 0.3 is 21.6 Å². The minimum Gasteiger partial charge on any atom is -0.478 e.